The minimum atomic E-state index is -1.10. The van der Waals surface area contributed by atoms with Crippen molar-refractivity contribution in [2.24, 2.45) is 11.8 Å². The Morgan fingerprint density at radius 2 is 1.18 bits per heavy atom. The Morgan fingerprint density at radius 3 is 1.45 bits per heavy atom. The van der Waals surface area contributed by atoms with Crippen LogP contribution in [0.2, 0.25) is 0 Å². The number of nitrogens with one attached hydrogen (secondary N) is 2. The van der Waals surface area contributed by atoms with E-state index in [2.05, 4.69) is 10.6 Å². The second-order valence-corrected chi connectivity index (χ2v) is 10.6. The maximum absolute atomic E-state index is 11.7. The summed E-state index contributed by atoms with van der Waals surface area (Å²) in [4.78, 5) is 45.9. The molecular weight excluding hydrogens is 432 g/mol. The lowest BCUT2D eigenvalue weighted by atomic mass is 10.1. The lowest BCUT2D eigenvalue weighted by molar-refractivity contribution is -0.145. The molecular formula is C23H40N2O8. The number of carbonyl (C=O) groups is 4. The van der Waals surface area contributed by atoms with Crippen LogP contribution in [0.4, 0.5) is 9.59 Å². The summed E-state index contributed by atoms with van der Waals surface area (Å²) in [6.07, 6.45) is 1.44. The van der Waals surface area contributed by atoms with E-state index >= 15 is 0 Å². The molecule has 0 saturated heterocycles. The number of carboxylic acid groups (broad SMARTS) is 1. The third kappa shape index (κ3) is 7.78. The van der Waals surface area contributed by atoms with E-state index in [9.17, 15) is 19.2 Å². The molecule has 3 N–H and O–H groups in total. The quantitative estimate of drug-likeness (QED) is 0.393. The summed E-state index contributed by atoms with van der Waals surface area (Å²) >= 11 is 0. The Balaban J connectivity index is 0.000000331. The van der Waals surface area contributed by atoms with Crippen LogP contribution in [0.5, 0.6) is 0 Å². The summed E-state index contributed by atoms with van der Waals surface area (Å²) in [5.74, 6) is -1.22. The van der Waals surface area contributed by atoms with Crippen molar-refractivity contribution in [1.29, 1.82) is 0 Å². The SMILES string of the molecule is CC[C@@H]1C[C@]1(NC(=O)OC(C)(C)C)C(=O)O.CC[C@@H]1C[C@]1(NC(=O)OC(C)(C)C)C(=O)OC. The zero-order chi connectivity index (χ0) is 25.8. The summed E-state index contributed by atoms with van der Waals surface area (Å²) in [5, 5.41) is 14.2. The molecule has 2 aliphatic carbocycles. The Kier molecular flexibility index (Phi) is 8.79. The minimum absolute atomic E-state index is 0.0116. The van der Waals surface area contributed by atoms with Crippen LogP contribution < -0.4 is 10.6 Å². The zero-order valence-electron chi connectivity index (χ0n) is 21.3. The molecule has 2 fully saturated rings. The summed E-state index contributed by atoms with van der Waals surface area (Å²) in [6, 6.07) is 0. The number of hydrogen-bond donors (Lipinski definition) is 3. The van der Waals surface area contributed by atoms with Gasteiger partial charge in [0.15, 0.2) is 0 Å². The van der Waals surface area contributed by atoms with Gasteiger partial charge in [-0.05, 0) is 66.2 Å². The monoisotopic (exact) mass is 472 g/mol. The molecule has 2 saturated carbocycles. The highest BCUT2D eigenvalue weighted by molar-refractivity contribution is 5.89. The van der Waals surface area contributed by atoms with E-state index < -0.39 is 46.4 Å². The van der Waals surface area contributed by atoms with E-state index in [4.69, 9.17) is 19.3 Å². The van der Waals surface area contributed by atoms with E-state index in [1.807, 2.05) is 13.8 Å². The molecule has 190 valence electrons. The largest absolute Gasteiger partial charge is 0.479 e. The van der Waals surface area contributed by atoms with Gasteiger partial charge in [-0.3, -0.25) is 0 Å². The first-order chi connectivity index (χ1) is 15.0. The number of methoxy groups -OCH3 is 1. The smallest absolute Gasteiger partial charge is 0.408 e. The van der Waals surface area contributed by atoms with Gasteiger partial charge in [0.05, 0.1) is 7.11 Å². The van der Waals surface area contributed by atoms with Crippen molar-refractivity contribution in [1.82, 2.24) is 10.6 Å². The molecule has 0 aliphatic heterocycles. The molecule has 2 rings (SSSR count). The van der Waals surface area contributed by atoms with Crippen molar-refractivity contribution in [2.45, 2.75) is 103 Å². The zero-order valence-corrected chi connectivity index (χ0v) is 21.3. The van der Waals surface area contributed by atoms with Gasteiger partial charge < -0.3 is 30.0 Å². The number of carboxylic acids is 1. The van der Waals surface area contributed by atoms with E-state index in [0.717, 1.165) is 12.8 Å². The van der Waals surface area contributed by atoms with Gasteiger partial charge in [0.25, 0.3) is 0 Å². The van der Waals surface area contributed by atoms with Crippen molar-refractivity contribution >= 4 is 24.1 Å². The minimum Gasteiger partial charge on any atom is -0.479 e. The van der Waals surface area contributed by atoms with Crippen LogP contribution in [-0.4, -0.2) is 58.6 Å². The van der Waals surface area contributed by atoms with Crippen LogP contribution in [0.15, 0.2) is 0 Å². The molecule has 0 unspecified atom stereocenters. The number of ether oxygens (including phenoxy) is 3. The number of rotatable bonds is 6. The Morgan fingerprint density at radius 1 is 0.818 bits per heavy atom. The maximum atomic E-state index is 11.7. The van der Waals surface area contributed by atoms with Gasteiger partial charge in [-0.25, -0.2) is 19.2 Å². The van der Waals surface area contributed by atoms with Gasteiger partial charge in [0.2, 0.25) is 0 Å². The molecule has 0 aromatic heterocycles. The van der Waals surface area contributed by atoms with Crippen molar-refractivity contribution in [3.05, 3.63) is 0 Å². The molecule has 2 amide bonds. The van der Waals surface area contributed by atoms with Crippen molar-refractivity contribution < 1.29 is 38.5 Å². The molecule has 0 spiro atoms. The number of aliphatic carboxylic acids is 1. The first kappa shape index (κ1) is 28.5. The molecule has 10 heteroatoms. The number of carbonyl (C=O) groups excluding carboxylic acids is 3. The second-order valence-electron chi connectivity index (χ2n) is 10.6. The van der Waals surface area contributed by atoms with Crippen molar-refractivity contribution in [3.8, 4) is 0 Å². The fourth-order valence-corrected chi connectivity index (χ4v) is 3.72. The molecule has 33 heavy (non-hydrogen) atoms. The first-order valence-corrected chi connectivity index (χ1v) is 11.3. The van der Waals surface area contributed by atoms with E-state index in [1.165, 1.54) is 7.11 Å². The molecule has 4 atom stereocenters. The molecule has 0 aromatic rings. The van der Waals surface area contributed by atoms with Crippen LogP contribution in [0, 0.1) is 11.8 Å². The summed E-state index contributed by atoms with van der Waals surface area (Å²) in [5.41, 5.74) is -3.15. The molecule has 0 radical (unpaired) electrons. The molecule has 0 bridgehead atoms. The standard InChI is InChI=1S/C12H21NO4.C11H19NO4/c1-6-8-7-12(8,9(14)16-5)13-10(15)17-11(2,3)4;1-5-7-6-11(7,8(13)14)12-9(15)16-10(2,3)4/h8H,6-7H2,1-5H3,(H,13,15);7H,5-6H2,1-4H3,(H,12,15)(H,13,14)/t8-,12-;7-,11-/m11/s1. The second kappa shape index (κ2) is 10.2. The Hall–Kier alpha value is -2.52. The average molecular weight is 473 g/mol. The number of amides is 2. The van der Waals surface area contributed by atoms with Crippen molar-refractivity contribution in [3.63, 3.8) is 0 Å². The summed E-state index contributed by atoms with van der Waals surface area (Å²) in [6.45, 7) is 14.4. The van der Waals surface area contributed by atoms with E-state index in [1.54, 1.807) is 41.5 Å². The van der Waals surface area contributed by atoms with Gasteiger partial charge in [0, 0.05) is 0 Å². The number of esters is 1. The average Bonchev–Trinajstić information content (AvgIpc) is 3.53. The van der Waals surface area contributed by atoms with Crippen LogP contribution in [0.3, 0.4) is 0 Å². The van der Waals surface area contributed by atoms with Gasteiger partial charge in [-0.15, -0.1) is 0 Å². The third-order valence-corrected chi connectivity index (χ3v) is 5.58. The Bertz CT molecular complexity index is 755. The predicted octanol–water partition coefficient (Wildman–Crippen LogP) is 3.62. The van der Waals surface area contributed by atoms with Gasteiger partial charge in [0.1, 0.15) is 22.3 Å². The first-order valence-electron chi connectivity index (χ1n) is 11.3. The van der Waals surface area contributed by atoms with Crippen molar-refractivity contribution in [2.75, 3.05) is 7.11 Å². The fourth-order valence-electron chi connectivity index (χ4n) is 3.72. The van der Waals surface area contributed by atoms with E-state index in [-0.39, 0.29) is 11.8 Å². The highest BCUT2D eigenvalue weighted by Crippen LogP contribution is 2.47. The van der Waals surface area contributed by atoms with E-state index in [0.29, 0.717) is 12.8 Å². The Labute approximate surface area is 196 Å². The van der Waals surface area contributed by atoms with Crippen LogP contribution in [-0.2, 0) is 23.8 Å². The fraction of sp³-hybridized carbons (Fsp3) is 0.826. The summed E-state index contributed by atoms with van der Waals surface area (Å²) in [7, 11) is 1.33. The predicted molar refractivity (Wildman–Crippen MR) is 121 cm³/mol. The lowest BCUT2D eigenvalue weighted by Gasteiger charge is -2.23. The molecule has 0 heterocycles. The number of alkyl carbamates (subject to hydrolysis) is 2. The lowest BCUT2D eigenvalue weighted by Crippen LogP contribution is -2.47. The molecule has 0 aromatic carbocycles. The summed E-state index contributed by atoms with van der Waals surface area (Å²) < 4.78 is 14.9. The molecule has 10 nitrogen and oxygen atoms in total. The normalized spacial score (nSPS) is 27.8. The topological polar surface area (TPSA) is 140 Å². The molecule has 2 aliphatic rings. The highest BCUT2D eigenvalue weighted by Gasteiger charge is 2.62. The van der Waals surface area contributed by atoms with Gasteiger partial charge in [-0.2, -0.15) is 0 Å². The van der Waals surface area contributed by atoms with Crippen LogP contribution in [0.1, 0.15) is 81.1 Å². The van der Waals surface area contributed by atoms with Gasteiger partial charge >= 0.3 is 24.1 Å². The maximum Gasteiger partial charge on any atom is 0.408 e. The van der Waals surface area contributed by atoms with Crippen LogP contribution in [0.25, 0.3) is 0 Å². The van der Waals surface area contributed by atoms with Gasteiger partial charge in [-0.1, -0.05) is 26.7 Å². The third-order valence-electron chi connectivity index (χ3n) is 5.58. The number of hydrogen-bond acceptors (Lipinski definition) is 7. The van der Waals surface area contributed by atoms with Crippen LogP contribution >= 0.6 is 0 Å². The highest BCUT2D eigenvalue weighted by atomic mass is 16.6.